The largest absolute Gasteiger partial charge is 0.481 e. The maximum atomic E-state index is 12.5. The molecule has 1 N–H and O–H groups in total. The smallest absolute Gasteiger partial charge is 0.266 e. The van der Waals surface area contributed by atoms with Gasteiger partial charge in [-0.25, -0.2) is 4.68 Å². The molecule has 0 fully saturated rings. The zero-order chi connectivity index (χ0) is 19.2. The highest BCUT2D eigenvalue weighted by atomic mass is 16.5. The number of nitrogens with zero attached hydrogens (tertiary/aromatic N) is 2. The van der Waals surface area contributed by atoms with Crippen LogP contribution in [0.1, 0.15) is 30.5 Å². The van der Waals surface area contributed by atoms with Crippen molar-refractivity contribution >= 4 is 11.7 Å². The fourth-order valence-corrected chi connectivity index (χ4v) is 2.72. The van der Waals surface area contributed by atoms with Crippen molar-refractivity contribution in [3.63, 3.8) is 0 Å². The molecule has 0 saturated heterocycles. The minimum atomic E-state index is -0.611. The van der Waals surface area contributed by atoms with Gasteiger partial charge in [0.05, 0.1) is 12.7 Å². The van der Waals surface area contributed by atoms with Crippen LogP contribution in [0.15, 0.2) is 60.8 Å². The second kappa shape index (κ2) is 8.54. The van der Waals surface area contributed by atoms with Gasteiger partial charge in [0, 0.05) is 6.07 Å². The van der Waals surface area contributed by atoms with Gasteiger partial charge in [0.2, 0.25) is 0 Å². The van der Waals surface area contributed by atoms with Gasteiger partial charge in [0.15, 0.2) is 6.10 Å². The predicted octanol–water partition coefficient (Wildman–Crippen LogP) is 4.21. The molecule has 0 saturated carbocycles. The van der Waals surface area contributed by atoms with Crippen LogP contribution in [0.25, 0.3) is 0 Å². The van der Waals surface area contributed by atoms with Crippen LogP contribution < -0.4 is 10.1 Å². The SMILES string of the molecule is CCc1ccc(OC(C)C(=O)Nc2ccnn2Cc2ccc(C)cc2)cc1. The molecule has 3 rings (SSSR count). The van der Waals surface area contributed by atoms with Crippen LogP contribution in [0, 0.1) is 6.92 Å². The van der Waals surface area contributed by atoms with E-state index in [-0.39, 0.29) is 5.91 Å². The number of ether oxygens (including phenoxy) is 1. The highest BCUT2D eigenvalue weighted by Gasteiger charge is 2.17. The molecular formula is C22H25N3O2. The number of anilines is 1. The van der Waals surface area contributed by atoms with Gasteiger partial charge in [0.25, 0.3) is 5.91 Å². The summed E-state index contributed by atoms with van der Waals surface area (Å²) in [4.78, 5) is 12.5. The van der Waals surface area contributed by atoms with Crippen LogP contribution in [-0.2, 0) is 17.8 Å². The van der Waals surface area contributed by atoms with E-state index in [1.165, 1.54) is 11.1 Å². The molecule has 0 aliphatic heterocycles. The molecule has 1 unspecified atom stereocenters. The average molecular weight is 363 g/mol. The molecule has 1 amide bonds. The first-order chi connectivity index (χ1) is 13.0. The number of rotatable bonds is 7. The zero-order valence-electron chi connectivity index (χ0n) is 16.0. The van der Waals surface area contributed by atoms with Crippen molar-refractivity contribution < 1.29 is 9.53 Å². The van der Waals surface area contributed by atoms with Crippen LogP contribution in [-0.4, -0.2) is 21.8 Å². The van der Waals surface area contributed by atoms with Gasteiger partial charge in [-0.1, -0.05) is 48.9 Å². The highest BCUT2D eigenvalue weighted by Crippen LogP contribution is 2.16. The number of carbonyl (C=O) groups is 1. The van der Waals surface area contributed by atoms with Crippen molar-refractivity contribution in [2.24, 2.45) is 0 Å². The average Bonchev–Trinajstić information content (AvgIpc) is 3.10. The van der Waals surface area contributed by atoms with Crippen LogP contribution >= 0.6 is 0 Å². The second-order valence-electron chi connectivity index (χ2n) is 6.61. The van der Waals surface area contributed by atoms with Crippen molar-refractivity contribution in [3.8, 4) is 5.75 Å². The van der Waals surface area contributed by atoms with E-state index in [2.05, 4.69) is 48.5 Å². The van der Waals surface area contributed by atoms with Gasteiger partial charge in [0.1, 0.15) is 11.6 Å². The Hall–Kier alpha value is -3.08. The molecule has 0 spiro atoms. The fraction of sp³-hybridized carbons (Fsp3) is 0.273. The van der Waals surface area contributed by atoms with E-state index in [4.69, 9.17) is 4.74 Å². The first kappa shape index (κ1) is 18.7. The Morgan fingerprint density at radius 2 is 1.74 bits per heavy atom. The minimum absolute atomic E-state index is 0.208. The summed E-state index contributed by atoms with van der Waals surface area (Å²) in [5.41, 5.74) is 3.57. The molecule has 1 atom stereocenters. The van der Waals surface area contributed by atoms with Crippen LogP contribution in [0.3, 0.4) is 0 Å². The van der Waals surface area contributed by atoms with Crippen LogP contribution in [0.4, 0.5) is 5.82 Å². The topological polar surface area (TPSA) is 56.1 Å². The summed E-state index contributed by atoms with van der Waals surface area (Å²) in [6, 6.07) is 17.9. The molecule has 1 aromatic heterocycles. The monoisotopic (exact) mass is 363 g/mol. The van der Waals surface area contributed by atoms with E-state index < -0.39 is 6.10 Å². The maximum absolute atomic E-state index is 12.5. The number of nitrogens with one attached hydrogen (secondary N) is 1. The first-order valence-corrected chi connectivity index (χ1v) is 9.19. The molecule has 3 aromatic rings. The molecule has 0 radical (unpaired) electrons. The first-order valence-electron chi connectivity index (χ1n) is 9.19. The second-order valence-corrected chi connectivity index (χ2v) is 6.61. The van der Waals surface area contributed by atoms with Gasteiger partial charge in [-0.15, -0.1) is 0 Å². The normalized spacial score (nSPS) is 11.8. The number of benzene rings is 2. The molecule has 0 bridgehead atoms. The van der Waals surface area contributed by atoms with Gasteiger partial charge in [-0.3, -0.25) is 4.79 Å². The summed E-state index contributed by atoms with van der Waals surface area (Å²) in [6.45, 7) is 6.49. The summed E-state index contributed by atoms with van der Waals surface area (Å²) in [7, 11) is 0. The lowest BCUT2D eigenvalue weighted by Gasteiger charge is -2.16. The lowest BCUT2D eigenvalue weighted by Crippen LogP contribution is -2.31. The molecule has 0 aliphatic rings. The number of aryl methyl sites for hydroxylation is 2. The van der Waals surface area contributed by atoms with E-state index in [0.717, 1.165) is 12.0 Å². The Morgan fingerprint density at radius 3 is 2.41 bits per heavy atom. The highest BCUT2D eigenvalue weighted by molar-refractivity contribution is 5.93. The van der Waals surface area contributed by atoms with Crippen molar-refractivity contribution in [2.75, 3.05) is 5.32 Å². The Kier molecular flexibility index (Phi) is 5.91. The molecule has 5 nitrogen and oxygen atoms in total. The van der Waals surface area contributed by atoms with E-state index in [1.54, 1.807) is 23.9 Å². The summed E-state index contributed by atoms with van der Waals surface area (Å²) in [5, 5.41) is 7.21. The predicted molar refractivity (Wildman–Crippen MR) is 107 cm³/mol. The zero-order valence-corrected chi connectivity index (χ0v) is 16.0. The van der Waals surface area contributed by atoms with Crippen LogP contribution in [0.2, 0.25) is 0 Å². The van der Waals surface area contributed by atoms with E-state index in [9.17, 15) is 4.79 Å². The Bertz CT molecular complexity index is 883. The van der Waals surface area contributed by atoms with E-state index in [1.807, 2.05) is 24.3 Å². The van der Waals surface area contributed by atoms with Crippen molar-refractivity contribution in [1.82, 2.24) is 9.78 Å². The van der Waals surface area contributed by atoms with Crippen molar-refractivity contribution in [1.29, 1.82) is 0 Å². The Morgan fingerprint density at radius 1 is 1.07 bits per heavy atom. The summed E-state index contributed by atoms with van der Waals surface area (Å²) in [5.74, 6) is 1.13. The number of amides is 1. The van der Waals surface area contributed by atoms with Crippen LogP contribution in [0.5, 0.6) is 5.75 Å². The Labute approximate surface area is 160 Å². The molecular weight excluding hydrogens is 338 g/mol. The molecule has 5 heteroatoms. The molecule has 1 heterocycles. The standard InChI is InChI=1S/C22H25N3O2/c1-4-18-9-11-20(12-10-18)27-17(3)22(26)24-21-13-14-23-25(21)15-19-7-5-16(2)6-8-19/h5-14,17H,4,15H2,1-3H3,(H,24,26). The summed E-state index contributed by atoms with van der Waals surface area (Å²) >= 11 is 0. The molecule has 27 heavy (non-hydrogen) atoms. The lowest BCUT2D eigenvalue weighted by molar-refractivity contribution is -0.122. The minimum Gasteiger partial charge on any atom is -0.481 e. The maximum Gasteiger partial charge on any atom is 0.266 e. The van der Waals surface area contributed by atoms with Gasteiger partial charge >= 0.3 is 0 Å². The number of hydrogen-bond acceptors (Lipinski definition) is 3. The molecule has 0 aliphatic carbocycles. The van der Waals surface area contributed by atoms with Crippen molar-refractivity contribution in [2.45, 2.75) is 39.8 Å². The number of aromatic nitrogens is 2. The third-order valence-electron chi connectivity index (χ3n) is 4.43. The quantitative estimate of drug-likeness (QED) is 0.684. The van der Waals surface area contributed by atoms with Gasteiger partial charge in [-0.2, -0.15) is 5.10 Å². The van der Waals surface area contributed by atoms with Crippen molar-refractivity contribution in [3.05, 3.63) is 77.5 Å². The summed E-state index contributed by atoms with van der Waals surface area (Å²) < 4.78 is 7.52. The van der Waals surface area contributed by atoms with Gasteiger partial charge in [-0.05, 0) is 43.5 Å². The summed E-state index contributed by atoms with van der Waals surface area (Å²) in [6.07, 6.45) is 2.04. The molecule has 140 valence electrons. The van der Waals surface area contributed by atoms with E-state index in [0.29, 0.717) is 18.1 Å². The van der Waals surface area contributed by atoms with Gasteiger partial charge < -0.3 is 10.1 Å². The number of carbonyl (C=O) groups excluding carboxylic acids is 1. The number of hydrogen-bond donors (Lipinski definition) is 1. The Balaban J connectivity index is 1.61. The molecule has 2 aromatic carbocycles. The third-order valence-corrected chi connectivity index (χ3v) is 4.43. The van der Waals surface area contributed by atoms with E-state index >= 15 is 0 Å². The fourth-order valence-electron chi connectivity index (χ4n) is 2.72. The lowest BCUT2D eigenvalue weighted by atomic mass is 10.1. The third kappa shape index (κ3) is 4.97.